The van der Waals surface area contributed by atoms with Gasteiger partial charge >= 0.3 is 5.97 Å². The van der Waals surface area contributed by atoms with Crippen molar-refractivity contribution in [3.05, 3.63) is 35.4 Å². The molecule has 1 aliphatic heterocycles. The van der Waals surface area contributed by atoms with Crippen LogP contribution in [0.3, 0.4) is 0 Å². The summed E-state index contributed by atoms with van der Waals surface area (Å²) in [5, 5.41) is 8.98. The minimum absolute atomic E-state index is 0.123. The summed E-state index contributed by atoms with van der Waals surface area (Å²) in [6, 6.07) is 8.78. The molecule has 0 unspecified atom stereocenters. The number of hydrogen-bond acceptors (Lipinski definition) is 3. The Morgan fingerprint density at radius 1 is 1.10 bits per heavy atom. The van der Waals surface area contributed by atoms with Crippen molar-refractivity contribution < 1.29 is 9.90 Å². The first-order chi connectivity index (χ1) is 9.72. The van der Waals surface area contributed by atoms with Gasteiger partial charge in [0.1, 0.15) is 0 Å². The van der Waals surface area contributed by atoms with Gasteiger partial charge in [0.05, 0.1) is 6.42 Å². The largest absolute Gasteiger partial charge is 0.481 e. The predicted molar refractivity (Wildman–Crippen MR) is 77.7 cm³/mol. The van der Waals surface area contributed by atoms with Gasteiger partial charge in [0, 0.05) is 38.8 Å². The number of carbonyl (C=O) groups is 1. The zero-order chi connectivity index (χ0) is 13.9. The molecule has 20 heavy (non-hydrogen) atoms. The number of aliphatic carboxylic acids is 1. The van der Waals surface area contributed by atoms with Crippen molar-refractivity contribution in [2.24, 2.45) is 0 Å². The SMILES string of the molecule is O=C(O)Cc1ccccc1CN1CCN(C2CC2)CC1. The van der Waals surface area contributed by atoms with Crippen molar-refractivity contribution in [2.45, 2.75) is 31.8 Å². The Hall–Kier alpha value is -1.39. The normalized spacial score (nSPS) is 21.0. The molecule has 2 aliphatic rings. The van der Waals surface area contributed by atoms with Gasteiger partial charge in [0.15, 0.2) is 0 Å². The number of benzene rings is 1. The molecule has 0 amide bonds. The molecule has 0 atom stereocenters. The third-order valence-electron chi connectivity index (χ3n) is 4.32. The van der Waals surface area contributed by atoms with Crippen LogP contribution in [0.4, 0.5) is 0 Å². The van der Waals surface area contributed by atoms with Gasteiger partial charge in [-0.15, -0.1) is 0 Å². The quantitative estimate of drug-likeness (QED) is 0.885. The van der Waals surface area contributed by atoms with Crippen molar-refractivity contribution in [3.8, 4) is 0 Å². The molecule has 1 aliphatic carbocycles. The van der Waals surface area contributed by atoms with Crippen LogP contribution in [-0.2, 0) is 17.8 Å². The standard InChI is InChI=1S/C16H22N2O2/c19-16(20)11-13-3-1-2-4-14(13)12-17-7-9-18(10-8-17)15-5-6-15/h1-4,15H,5-12H2,(H,19,20). The van der Waals surface area contributed by atoms with Crippen LogP contribution in [0.1, 0.15) is 24.0 Å². The second-order valence-electron chi connectivity index (χ2n) is 5.88. The second-order valence-corrected chi connectivity index (χ2v) is 5.88. The van der Waals surface area contributed by atoms with Crippen LogP contribution in [0.5, 0.6) is 0 Å². The molecule has 0 radical (unpaired) electrons. The maximum Gasteiger partial charge on any atom is 0.307 e. The lowest BCUT2D eigenvalue weighted by Gasteiger charge is -2.35. The molecule has 1 saturated heterocycles. The number of piperazine rings is 1. The van der Waals surface area contributed by atoms with Crippen LogP contribution >= 0.6 is 0 Å². The number of hydrogen-bond donors (Lipinski definition) is 1. The fourth-order valence-corrected chi connectivity index (χ4v) is 3.01. The highest BCUT2D eigenvalue weighted by Gasteiger charge is 2.31. The Morgan fingerprint density at radius 2 is 1.75 bits per heavy atom. The Morgan fingerprint density at radius 3 is 2.35 bits per heavy atom. The van der Waals surface area contributed by atoms with Crippen molar-refractivity contribution in [3.63, 3.8) is 0 Å². The molecule has 1 saturated carbocycles. The van der Waals surface area contributed by atoms with Crippen LogP contribution in [0.2, 0.25) is 0 Å². The summed E-state index contributed by atoms with van der Waals surface area (Å²) in [5.74, 6) is -0.754. The second kappa shape index (κ2) is 5.94. The van der Waals surface area contributed by atoms with Gasteiger partial charge in [-0.25, -0.2) is 0 Å². The van der Waals surface area contributed by atoms with Gasteiger partial charge in [-0.1, -0.05) is 24.3 Å². The summed E-state index contributed by atoms with van der Waals surface area (Å²) < 4.78 is 0. The van der Waals surface area contributed by atoms with E-state index in [9.17, 15) is 4.79 Å². The van der Waals surface area contributed by atoms with E-state index in [1.807, 2.05) is 18.2 Å². The number of nitrogens with zero attached hydrogens (tertiary/aromatic N) is 2. The molecule has 108 valence electrons. The average molecular weight is 274 g/mol. The number of rotatable bonds is 5. The molecule has 1 heterocycles. The molecule has 0 aromatic heterocycles. The van der Waals surface area contributed by atoms with Crippen LogP contribution in [0, 0.1) is 0 Å². The minimum atomic E-state index is -0.754. The Bertz CT molecular complexity index is 477. The zero-order valence-electron chi connectivity index (χ0n) is 11.8. The van der Waals surface area contributed by atoms with Gasteiger partial charge in [0.2, 0.25) is 0 Å². The van der Waals surface area contributed by atoms with Crippen LogP contribution in [0.25, 0.3) is 0 Å². The third-order valence-corrected chi connectivity index (χ3v) is 4.32. The fourth-order valence-electron chi connectivity index (χ4n) is 3.01. The number of carboxylic acid groups (broad SMARTS) is 1. The highest BCUT2D eigenvalue weighted by molar-refractivity contribution is 5.70. The summed E-state index contributed by atoms with van der Waals surface area (Å²) >= 11 is 0. The Kier molecular flexibility index (Phi) is 4.03. The van der Waals surface area contributed by atoms with E-state index in [1.165, 1.54) is 12.8 Å². The minimum Gasteiger partial charge on any atom is -0.481 e. The predicted octanol–water partition coefficient (Wildman–Crippen LogP) is 1.59. The zero-order valence-corrected chi connectivity index (χ0v) is 11.8. The monoisotopic (exact) mass is 274 g/mol. The van der Waals surface area contributed by atoms with Crippen molar-refractivity contribution in [2.75, 3.05) is 26.2 Å². The average Bonchev–Trinajstić information content (AvgIpc) is 3.26. The van der Waals surface area contributed by atoms with E-state index < -0.39 is 5.97 Å². The first-order valence-corrected chi connectivity index (χ1v) is 7.47. The van der Waals surface area contributed by atoms with E-state index in [1.54, 1.807) is 0 Å². The summed E-state index contributed by atoms with van der Waals surface area (Å²) in [4.78, 5) is 16.0. The van der Waals surface area contributed by atoms with Crippen molar-refractivity contribution in [1.29, 1.82) is 0 Å². The molecule has 4 heteroatoms. The van der Waals surface area contributed by atoms with Gasteiger partial charge in [-0.05, 0) is 24.0 Å². The molecule has 3 rings (SSSR count). The van der Waals surface area contributed by atoms with E-state index >= 15 is 0 Å². The van der Waals surface area contributed by atoms with Crippen LogP contribution < -0.4 is 0 Å². The molecular weight excluding hydrogens is 252 g/mol. The highest BCUT2D eigenvalue weighted by Crippen LogP contribution is 2.27. The van der Waals surface area contributed by atoms with Gasteiger partial charge in [0.25, 0.3) is 0 Å². The number of carboxylic acids is 1. The highest BCUT2D eigenvalue weighted by atomic mass is 16.4. The Balaban J connectivity index is 1.58. The first kappa shape index (κ1) is 13.6. The van der Waals surface area contributed by atoms with E-state index in [0.717, 1.165) is 49.9 Å². The van der Waals surface area contributed by atoms with Gasteiger partial charge in [-0.3, -0.25) is 14.6 Å². The molecule has 0 bridgehead atoms. The smallest absolute Gasteiger partial charge is 0.307 e. The summed E-state index contributed by atoms with van der Waals surface area (Å²) in [7, 11) is 0. The Labute approximate surface area is 120 Å². The fraction of sp³-hybridized carbons (Fsp3) is 0.562. The maximum atomic E-state index is 10.9. The van der Waals surface area contributed by atoms with Crippen molar-refractivity contribution in [1.82, 2.24) is 9.80 Å². The van der Waals surface area contributed by atoms with E-state index in [4.69, 9.17) is 5.11 Å². The molecule has 0 spiro atoms. The lowest BCUT2D eigenvalue weighted by molar-refractivity contribution is -0.136. The summed E-state index contributed by atoms with van der Waals surface area (Å²) in [5.41, 5.74) is 2.11. The molecule has 2 fully saturated rings. The molecule has 1 aromatic carbocycles. The maximum absolute atomic E-state index is 10.9. The third kappa shape index (κ3) is 3.38. The van der Waals surface area contributed by atoms with Crippen LogP contribution in [0.15, 0.2) is 24.3 Å². The summed E-state index contributed by atoms with van der Waals surface area (Å²) in [6.45, 7) is 5.38. The van der Waals surface area contributed by atoms with Gasteiger partial charge in [-0.2, -0.15) is 0 Å². The molecule has 1 aromatic rings. The lowest BCUT2D eigenvalue weighted by atomic mass is 10.0. The topological polar surface area (TPSA) is 43.8 Å². The molecule has 4 nitrogen and oxygen atoms in total. The molecular formula is C16H22N2O2. The van der Waals surface area contributed by atoms with Gasteiger partial charge < -0.3 is 5.11 Å². The van der Waals surface area contributed by atoms with Crippen LogP contribution in [-0.4, -0.2) is 53.1 Å². The van der Waals surface area contributed by atoms with E-state index in [2.05, 4.69) is 15.9 Å². The van der Waals surface area contributed by atoms with Crippen molar-refractivity contribution >= 4 is 5.97 Å². The molecule has 1 N–H and O–H groups in total. The van der Waals surface area contributed by atoms with E-state index in [0.29, 0.717) is 0 Å². The first-order valence-electron chi connectivity index (χ1n) is 7.47. The lowest BCUT2D eigenvalue weighted by Crippen LogP contribution is -2.46. The summed E-state index contributed by atoms with van der Waals surface area (Å²) in [6.07, 6.45) is 2.88. The van der Waals surface area contributed by atoms with E-state index in [-0.39, 0.29) is 6.42 Å².